The number of rotatable bonds is 8. The minimum absolute atomic E-state index is 0.0150. The highest BCUT2D eigenvalue weighted by molar-refractivity contribution is 6.54. The minimum atomic E-state index is -0.691. The number of nitro groups is 2. The van der Waals surface area contributed by atoms with Crippen molar-refractivity contribution >= 4 is 34.2 Å². The molecule has 1 N–H and O–H groups in total. The van der Waals surface area contributed by atoms with E-state index < -0.39 is 15.5 Å². The van der Waals surface area contributed by atoms with Gasteiger partial charge in [0.1, 0.15) is 11.4 Å². The third-order valence-corrected chi connectivity index (χ3v) is 4.99. The van der Waals surface area contributed by atoms with Crippen LogP contribution in [0.5, 0.6) is 0 Å². The molecule has 172 valence electrons. The highest BCUT2D eigenvalue weighted by atomic mass is 16.6. The van der Waals surface area contributed by atoms with Crippen molar-refractivity contribution in [3.05, 3.63) is 141 Å². The summed E-state index contributed by atoms with van der Waals surface area (Å²) < 4.78 is 0. The molecule has 0 bridgehead atoms. The zero-order chi connectivity index (χ0) is 24.6. The number of anilines is 1. The molecule has 9 nitrogen and oxygen atoms in total. The first kappa shape index (κ1) is 23.0. The van der Waals surface area contributed by atoms with Gasteiger partial charge >= 0.3 is 5.69 Å². The fraction of sp³-hybridized carbons (Fsp3) is 0. The monoisotopic (exact) mass is 465 g/mol. The fourth-order valence-electron chi connectivity index (χ4n) is 3.33. The van der Waals surface area contributed by atoms with E-state index >= 15 is 0 Å². The molecule has 4 aromatic carbocycles. The van der Waals surface area contributed by atoms with E-state index in [4.69, 9.17) is 4.99 Å². The van der Waals surface area contributed by atoms with E-state index in [-0.39, 0.29) is 11.4 Å². The number of nitrogens with one attached hydrogen (secondary N) is 1. The quantitative estimate of drug-likeness (QED) is 0.190. The summed E-state index contributed by atoms with van der Waals surface area (Å²) in [5.41, 5.74) is 5.11. The number of non-ortho nitro benzene ring substituents is 1. The molecule has 0 aliphatic heterocycles. The van der Waals surface area contributed by atoms with Gasteiger partial charge in [-0.1, -0.05) is 78.9 Å². The first-order chi connectivity index (χ1) is 17.0. The van der Waals surface area contributed by atoms with Gasteiger partial charge in [-0.3, -0.25) is 25.7 Å². The molecule has 0 unspecified atom stereocenters. The Kier molecular flexibility index (Phi) is 6.98. The Labute approximate surface area is 200 Å². The van der Waals surface area contributed by atoms with Gasteiger partial charge in [0.2, 0.25) is 0 Å². The number of para-hydroxylation sites is 1. The predicted molar refractivity (Wildman–Crippen MR) is 135 cm³/mol. The van der Waals surface area contributed by atoms with E-state index in [1.807, 2.05) is 91.0 Å². The Morgan fingerprint density at radius 2 is 1.20 bits per heavy atom. The van der Waals surface area contributed by atoms with E-state index in [2.05, 4.69) is 10.5 Å². The minimum Gasteiger partial charge on any atom is -0.271 e. The van der Waals surface area contributed by atoms with Crippen molar-refractivity contribution in [2.45, 2.75) is 0 Å². The number of hydrogen-bond acceptors (Lipinski definition) is 7. The van der Waals surface area contributed by atoms with Crippen LogP contribution in [0.1, 0.15) is 11.1 Å². The topological polar surface area (TPSA) is 123 Å². The Bertz CT molecular complexity index is 1410. The summed E-state index contributed by atoms with van der Waals surface area (Å²) >= 11 is 0. The molecule has 0 aliphatic rings. The van der Waals surface area contributed by atoms with Crippen molar-refractivity contribution in [1.82, 2.24) is 0 Å². The van der Waals surface area contributed by atoms with Gasteiger partial charge in [-0.05, 0) is 18.2 Å². The van der Waals surface area contributed by atoms with Gasteiger partial charge in [0.25, 0.3) is 5.69 Å². The third-order valence-electron chi connectivity index (χ3n) is 4.99. The maximum atomic E-state index is 11.6. The number of aliphatic imine (C=N–C) groups is 1. The fourth-order valence-corrected chi connectivity index (χ4v) is 3.33. The Balaban J connectivity index is 1.87. The Morgan fingerprint density at radius 3 is 1.74 bits per heavy atom. The second-order valence-electron chi connectivity index (χ2n) is 7.32. The van der Waals surface area contributed by atoms with Gasteiger partial charge in [0, 0.05) is 17.2 Å². The summed E-state index contributed by atoms with van der Waals surface area (Å²) in [6.07, 6.45) is 0. The van der Waals surface area contributed by atoms with Crippen LogP contribution < -0.4 is 5.43 Å². The molecule has 0 aromatic heterocycles. The van der Waals surface area contributed by atoms with Crippen LogP contribution in [0.2, 0.25) is 0 Å². The summed E-state index contributed by atoms with van der Waals surface area (Å²) in [7, 11) is 0. The summed E-state index contributed by atoms with van der Waals surface area (Å²) in [5.74, 6) is 0. The van der Waals surface area contributed by atoms with Crippen molar-refractivity contribution in [3.63, 3.8) is 0 Å². The van der Waals surface area contributed by atoms with Crippen LogP contribution in [0.3, 0.4) is 0 Å². The Hall–Kier alpha value is -5.18. The maximum Gasteiger partial charge on any atom is 0.301 e. The van der Waals surface area contributed by atoms with Gasteiger partial charge in [0.15, 0.2) is 0 Å². The largest absolute Gasteiger partial charge is 0.301 e. The van der Waals surface area contributed by atoms with E-state index in [0.29, 0.717) is 17.1 Å². The SMILES string of the molecule is O=[N+]([O-])c1ccc(NN=C(C(=Nc2ccccc2)c2ccccc2)c2ccccc2)c([N+](=O)[O-])c1. The van der Waals surface area contributed by atoms with Crippen LogP contribution in [-0.4, -0.2) is 21.3 Å². The summed E-state index contributed by atoms with van der Waals surface area (Å²) in [6, 6.07) is 31.4. The number of benzene rings is 4. The lowest BCUT2D eigenvalue weighted by molar-refractivity contribution is -0.393. The average molecular weight is 465 g/mol. The summed E-state index contributed by atoms with van der Waals surface area (Å²) in [5, 5.41) is 27.2. The molecule has 0 fully saturated rings. The lowest BCUT2D eigenvalue weighted by Crippen LogP contribution is -2.19. The normalized spacial score (nSPS) is 11.7. The molecule has 0 aliphatic carbocycles. The van der Waals surface area contributed by atoms with Crippen LogP contribution in [0.4, 0.5) is 22.7 Å². The number of hydrogen-bond donors (Lipinski definition) is 1. The third kappa shape index (κ3) is 5.60. The highest BCUT2D eigenvalue weighted by Gasteiger charge is 2.21. The zero-order valence-electron chi connectivity index (χ0n) is 18.3. The van der Waals surface area contributed by atoms with Gasteiger partial charge in [-0.2, -0.15) is 5.10 Å². The first-order valence-electron chi connectivity index (χ1n) is 10.5. The lowest BCUT2D eigenvalue weighted by Gasteiger charge is -2.12. The smallest absolute Gasteiger partial charge is 0.271 e. The second kappa shape index (κ2) is 10.6. The molecule has 4 aromatic rings. The van der Waals surface area contributed by atoms with Gasteiger partial charge in [-0.15, -0.1) is 0 Å². The van der Waals surface area contributed by atoms with E-state index in [0.717, 1.165) is 17.2 Å². The number of nitrogens with zero attached hydrogens (tertiary/aromatic N) is 4. The number of nitro benzene ring substituents is 2. The first-order valence-corrected chi connectivity index (χ1v) is 10.5. The molecule has 0 saturated carbocycles. The van der Waals surface area contributed by atoms with E-state index in [1.54, 1.807) is 0 Å². The van der Waals surface area contributed by atoms with Crippen LogP contribution in [-0.2, 0) is 0 Å². The molecule has 4 rings (SSSR count). The van der Waals surface area contributed by atoms with Crippen LogP contribution >= 0.6 is 0 Å². The molecule has 0 radical (unpaired) electrons. The maximum absolute atomic E-state index is 11.6. The van der Waals surface area contributed by atoms with E-state index in [1.165, 1.54) is 12.1 Å². The van der Waals surface area contributed by atoms with Gasteiger partial charge < -0.3 is 0 Å². The molecule has 0 saturated heterocycles. The molecular formula is C26H19N5O4. The molecule has 35 heavy (non-hydrogen) atoms. The van der Waals surface area contributed by atoms with Crippen LogP contribution in [0.25, 0.3) is 0 Å². The Morgan fingerprint density at radius 1 is 0.657 bits per heavy atom. The molecule has 0 heterocycles. The predicted octanol–water partition coefficient (Wildman–Crippen LogP) is 6.14. The van der Waals surface area contributed by atoms with E-state index in [9.17, 15) is 20.2 Å². The van der Waals surface area contributed by atoms with Crippen molar-refractivity contribution < 1.29 is 9.85 Å². The zero-order valence-corrected chi connectivity index (χ0v) is 18.3. The van der Waals surface area contributed by atoms with Crippen molar-refractivity contribution in [2.75, 3.05) is 5.43 Å². The molecular weight excluding hydrogens is 446 g/mol. The van der Waals surface area contributed by atoms with Crippen molar-refractivity contribution in [3.8, 4) is 0 Å². The van der Waals surface area contributed by atoms with Crippen molar-refractivity contribution in [2.24, 2.45) is 10.1 Å². The summed E-state index contributed by atoms with van der Waals surface area (Å²) in [4.78, 5) is 26.1. The molecule has 9 heteroatoms. The van der Waals surface area contributed by atoms with Gasteiger partial charge in [-0.25, -0.2) is 4.99 Å². The molecule has 0 amide bonds. The van der Waals surface area contributed by atoms with Crippen LogP contribution in [0.15, 0.2) is 119 Å². The summed E-state index contributed by atoms with van der Waals surface area (Å²) in [6.45, 7) is 0. The lowest BCUT2D eigenvalue weighted by atomic mass is 9.99. The number of hydrazone groups is 1. The van der Waals surface area contributed by atoms with Gasteiger partial charge in [0.05, 0.1) is 27.3 Å². The standard InChI is InChI=1S/C26H19N5O4/c32-30(33)22-16-17-23(24(18-22)31(34)35)28-29-26(20-12-6-2-7-13-20)25(19-10-4-1-5-11-19)27-21-14-8-3-9-15-21/h1-18,28H. The average Bonchev–Trinajstić information content (AvgIpc) is 2.89. The second-order valence-corrected chi connectivity index (χ2v) is 7.32. The van der Waals surface area contributed by atoms with Crippen LogP contribution in [0, 0.1) is 20.2 Å². The van der Waals surface area contributed by atoms with Crippen molar-refractivity contribution in [1.29, 1.82) is 0 Å². The molecule has 0 atom stereocenters. The molecule has 0 spiro atoms. The highest BCUT2D eigenvalue weighted by Crippen LogP contribution is 2.29.